The topological polar surface area (TPSA) is 169 Å². The average Bonchev–Trinajstić information content (AvgIpc) is 3.32. The quantitative estimate of drug-likeness (QED) is 0.337. The fourth-order valence-corrected chi connectivity index (χ4v) is 7.41. The van der Waals surface area contributed by atoms with Crippen LogP contribution in [-0.4, -0.2) is 88.2 Å². The number of fused-ring (bicyclic) bond motifs is 1. The number of aromatic nitrogens is 1. The van der Waals surface area contributed by atoms with Gasteiger partial charge < -0.3 is 24.0 Å². The number of aliphatic hydroxyl groups is 1. The molecule has 2 heterocycles. The normalized spacial score (nSPS) is 18.4. The Bertz CT molecular complexity index is 1670. The average molecular weight is 637 g/mol. The molecule has 0 bridgehead atoms. The third-order valence-corrected chi connectivity index (χ3v) is 10.8. The number of aliphatic hydroxyl groups excluding tert-OH is 1. The highest BCUT2D eigenvalue weighted by Crippen LogP contribution is 2.32. The van der Waals surface area contributed by atoms with Crippen LogP contribution in [0.25, 0.3) is 0 Å². The molecule has 2 aromatic carbocycles. The monoisotopic (exact) mass is 636 g/mol. The zero-order valence-corrected chi connectivity index (χ0v) is 26.4. The number of carbonyl (C=O) groups excluding carboxylic acids is 1. The van der Waals surface area contributed by atoms with E-state index in [1.165, 1.54) is 67.5 Å². The molecule has 43 heavy (non-hydrogen) atoms. The van der Waals surface area contributed by atoms with Gasteiger partial charge in [0.25, 0.3) is 15.9 Å². The Hall–Kier alpha value is -3.66. The minimum absolute atomic E-state index is 0.0507. The highest BCUT2D eigenvalue weighted by molar-refractivity contribution is 7.92. The number of carbonyl (C=O) groups is 1. The highest BCUT2D eigenvalue weighted by Gasteiger charge is 2.36. The number of anilines is 1. The van der Waals surface area contributed by atoms with Crippen molar-refractivity contribution in [3.8, 4) is 11.5 Å². The maximum Gasteiger partial charge on any atom is 0.267 e. The van der Waals surface area contributed by atoms with Crippen LogP contribution in [0, 0.1) is 19.8 Å². The van der Waals surface area contributed by atoms with Crippen molar-refractivity contribution in [3.63, 3.8) is 0 Å². The van der Waals surface area contributed by atoms with E-state index in [1.807, 2.05) is 6.92 Å². The Kier molecular flexibility index (Phi) is 9.39. The number of methoxy groups -OCH3 is 1. The molecule has 0 radical (unpaired) electrons. The van der Waals surface area contributed by atoms with E-state index >= 15 is 0 Å². The van der Waals surface area contributed by atoms with Crippen molar-refractivity contribution in [3.05, 3.63) is 59.5 Å². The van der Waals surface area contributed by atoms with Crippen LogP contribution in [0.4, 0.5) is 5.69 Å². The minimum Gasteiger partial charge on any atom is -0.497 e. The largest absolute Gasteiger partial charge is 0.497 e. The molecule has 4 rings (SSSR count). The van der Waals surface area contributed by atoms with E-state index < -0.39 is 38.1 Å². The Morgan fingerprint density at radius 2 is 1.84 bits per heavy atom. The lowest BCUT2D eigenvalue weighted by molar-refractivity contribution is 0.0387. The molecule has 1 aliphatic heterocycles. The second-order valence-corrected chi connectivity index (χ2v) is 14.2. The lowest BCUT2D eigenvalue weighted by Crippen LogP contribution is -2.50. The number of ether oxygens (including phenoxy) is 2. The molecule has 2 N–H and O–H groups in total. The van der Waals surface area contributed by atoms with Gasteiger partial charge in [-0.25, -0.2) is 16.8 Å². The molecule has 0 fully saturated rings. The van der Waals surface area contributed by atoms with Crippen molar-refractivity contribution in [2.24, 2.45) is 5.92 Å². The van der Waals surface area contributed by atoms with E-state index in [1.54, 1.807) is 19.1 Å². The number of nitrogens with zero attached hydrogens (tertiary/aromatic N) is 3. The number of nitrogens with one attached hydrogen (secondary N) is 1. The number of likely N-dealkylation sites (N-methyl/N-ethyl adjacent to an activating group) is 1. The molecule has 234 valence electrons. The molecule has 0 saturated carbocycles. The molecule has 1 aliphatic rings. The summed E-state index contributed by atoms with van der Waals surface area (Å²) < 4.78 is 73.0. The van der Waals surface area contributed by atoms with Gasteiger partial charge in [0.15, 0.2) is 10.7 Å². The molecule has 15 heteroatoms. The van der Waals surface area contributed by atoms with Crippen molar-refractivity contribution >= 4 is 31.6 Å². The number of benzene rings is 2. The predicted molar refractivity (Wildman–Crippen MR) is 157 cm³/mol. The number of hydrogen-bond acceptors (Lipinski definition) is 10. The lowest BCUT2D eigenvalue weighted by Gasteiger charge is -2.38. The standard InChI is InChI=1S/C28H36N4O9S2/c1-17-14-32(18(2)16-33)28(34)24-13-21(30-42(35,36)27-19(3)29-41-20(27)4)7-12-25(24)40-26(17)15-31(5)43(37,38)23-10-8-22(39-6)9-11-23/h7-13,17-18,26,30,33H,14-16H2,1-6H3/t17-,18+,26+/m0/s1. The molecular formula is C28H36N4O9S2. The zero-order valence-electron chi connectivity index (χ0n) is 24.8. The first-order valence-electron chi connectivity index (χ1n) is 13.5. The Balaban J connectivity index is 1.68. The molecule has 0 saturated heterocycles. The molecule has 13 nitrogen and oxygen atoms in total. The van der Waals surface area contributed by atoms with Gasteiger partial charge in [-0.3, -0.25) is 9.52 Å². The number of aryl methyl sites for hydroxylation is 2. The van der Waals surface area contributed by atoms with Gasteiger partial charge in [-0.05, 0) is 63.2 Å². The van der Waals surface area contributed by atoms with Crippen LogP contribution >= 0.6 is 0 Å². The molecule has 0 aliphatic carbocycles. The van der Waals surface area contributed by atoms with Gasteiger partial charge in [0.1, 0.15) is 23.3 Å². The maximum absolute atomic E-state index is 13.7. The van der Waals surface area contributed by atoms with Crippen LogP contribution in [0.3, 0.4) is 0 Å². The van der Waals surface area contributed by atoms with E-state index in [-0.39, 0.29) is 63.9 Å². The Labute approximate surface area is 251 Å². The van der Waals surface area contributed by atoms with Crippen molar-refractivity contribution in [2.45, 2.75) is 49.6 Å². The smallest absolute Gasteiger partial charge is 0.267 e. The number of amides is 1. The summed E-state index contributed by atoms with van der Waals surface area (Å²) >= 11 is 0. The lowest BCUT2D eigenvalue weighted by atomic mass is 9.99. The van der Waals surface area contributed by atoms with Gasteiger partial charge in [-0.2, -0.15) is 4.31 Å². The number of hydrogen-bond donors (Lipinski definition) is 2. The molecule has 1 aromatic heterocycles. The van der Waals surface area contributed by atoms with Crippen molar-refractivity contribution in [1.29, 1.82) is 0 Å². The summed E-state index contributed by atoms with van der Waals surface area (Å²) in [6.45, 7) is 6.29. The summed E-state index contributed by atoms with van der Waals surface area (Å²) in [6.07, 6.45) is -0.705. The molecule has 3 aromatic rings. The second kappa shape index (κ2) is 12.5. The summed E-state index contributed by atoms with van der Waals surface area (Å²) in [6, 6.07) is 9.71. The summed E-state index contributed by atoms with van der Waals surface area (Å²) in [7, 11) is -5.07. The summed E-state index contributed by atoms with van der Waals surface area (Å²) in [5.41, 5.74) is 0.331. The van der Waals surface area contributed by atoms with Gasteiger partial charge in [0, 0.05) is 25.2 Å². The summed E-state index contributed by atoms with van der Waals surface area (Å²) in [5.74, 6) is -0.0422. The van der Waals surface area contributed by atoms with Crippen molar-refractivity contribution < 1.29 is 40.7 Å². The zero-order chi connectivity index (χ0) is 31.7. The van der Waals surface area contributed by atoms with Gasteiger partial charge >= 0.3 is 0 Å². The maximum atomic E-state index is 13.7. The summed E-state index contributed by atoms with van der Waals surface area (Å²) in [4.78, 5) is 15.2. The Morgan fingerprint density at radius 3 is 2.42 bits per heavy atom. The first-order chi connectivity index (χ1) is 20.2. The van der Waals surface area contributed by atoms with Crippen LogP contribution in [0.1, 0.15) is 35.7 Å². The number of rotatable bonds is 10. The van der Waals surface area contributed by atoms with Crippen LogP contribution in [0.5, 0.6) is 11.5 Å². The Morgan fingerprint density at radius 1 is 1.16 bits per heavy atom. The fourth-order valence-electron chi connectivity index (χ4n) is 4.85. The fraction of sp³-hybridized carbons (Fsp3) is 0.429. The molecule has 3 atom stereocenters. The van der Waals surface area contributed by atoms with Gasteiger partial charge in [0.05, 0.1) is 36.8 Å². The minimum atomic E-state index is -4.10. The van der Waals surface area contributed by atoms with E-state index in [0.717, 1.165) is 0 Å². The SMILES string of the molecule is COc1ccc(S(=O)(=O)N(C)C[C@H]2Oc3ccc(NS(=O)(=O)c4c(C)noc4C)cc3C(=O)N([C@H](C)CO)C[C@@H]2C)cc1. The number of sulfonamides is 2. The van der Waals surface area contributed by atoms with Crippen LogP contribution < -0.4 is 14.2 Å². The van der Waals surface area contributed by atoms with Crippen molar-refractivity contribution in [1.82, 2.24) is 14.4 Å². The van der Waals surface area contributed by atoms with E-state index in [9.17, 15) is 26.7 Å². The van der Waals surface area contributed by atoms with E-state index in [0.29, 0.717) is 5.75 Å². The molecular weight excluding hydrogens is 600 g/mol. The first-order valence-corrected chi connectivity index (χ1v) is 16.4. The first kappa shape index (κ1) is 32.3. The van der Waals surface area contributed by atoms with Gasteiger partial charge in [-0.15, -0.1) is 0 Å². The predicted octanol–water partition coefficient (Wildman–Crippen LogP) is 2.64. The second-order valence-electron chi connectivity index (χ2n) is 10.6. The van der Waals surface area contributed by atoms with E-state index in [2.05, 4.69) is 9.88 Å². The molecule has 1 amide bonds. The summed E-state index contributed by atoms with van der Waals surface area (Å²) in [5, 5.41) is 13.6. The molecule has 0 unspecified atom stereocenters. The van der Waals surface area contributed by atoms with Crippen LogP contribution in [0.2, 0.25) is 0 Å². The third kappa shape index (κ3) is 6.64. The third-order valence-electron chi connectivity index (χ3n) is 7.36. The van der Waals surface area contributed by atoms with Crippen LogP contribution in [-0.2, 0) is 20.0 Å². The van der Waals surface area contributed by atoms with E-state index in [4.69, 9.17) is 14.0 Å². The van der Waals surface area contributed by atoms with Crippen LogP contribution in [0.15, 0.2) is 56.8 Å². The highest BCUT2D eigenvalue weighted by atomic mass is 32.2. The van der Waals surface area contributed by atoms with Gasteiger partial charge in [-0.1, -0.05) is 12.1 Å². The van der Waals surface area contributed by atoms with Gasteiger partial charge in [0.2, 0.25) is 10.0 Å². The molecule has 0 spiro atoms. The van der Waals surface area contributed by atoms with Crippen molar-refractivity contribution in [2.75, 3.05) is 38.6 Å².